The van der Waals surface area contributed by atoms with Crippen molar-refractivity contribution in [1.82, 2.24) is 14.7 Å². The molecule has 1 N–H and O–H groups in total. The molecule has 0 bridgehead atoms. The van der Waals surface area contributed by atoms with Crippen LogP contribution in [-0.4, -0.2) is 16.5 Å². The molecule has 5 heteroatoms. The molecule has 104 valence electrons. The number of fused-ring (bicyclic) bond motifs is 1. The minimum Gasteiger partial charge on any atom is -0.480 e. The van der Waals surface area contributed by atoms with E-state index in [1.54, 1.807) is 18.4 Å². The quantitative estimate of drug-likeness (QED) is 0.783. The second kappa shape index (κ2) is 5.64. The lowest BCUT2D eigenvalue weighted by atomic mass is 10.1. The molecule has 0 aliphatic carbocycles. The van der Waals surface area contributed by atoms with E-state index < -0.39 is 0 Å². The van der Waals surface area contributed by atoms with Crippen molar-refractivity contribution in [2.75, 3.05) is 7.11 Å². The zero-order chi connectivity index (χ0) is 13.9. The summed E-state index contributed by atoms with van der Waals surface area (Å²) in [5.74, 6) is 0.699. The number of thiazole rings is 1. The van der Waals surface area contributed by atoms with Crippen LogP contribution in [0.25, 0.3) is 4.96 Å². The van der Waals surface area contributed by atoms with Crippen molar-refractivity contribution in [3.8, 4) is 5.88 Å². The molecular weight excluding hydrogens is 270 g/mol. The van der Waals surface area contributed by atoms with Crippen molar-refractivity contribution >= 4 is 16.3 Å². The third-order valence-corrected chi connectivity index (χ3v) is 4.15. The molecule has 0 aliphatic heterocycles. The van der Waals surface area contributed by atoms with Crippen LogP contribution in [0.2, 0.25) is 0 Å². The topological polar surface area (TPSA) is 38.6 Å². The second-order valence-corrected chi connectivity index (χ2v) is 5.51. The number of rotatable bonds is 5. The van der Waals surface area contributed by atoms with E-state index in [1.165, 1.54) is 5.56 Å². The molecule has 1 aromatic carbocycles. The fraction of sp³-hybridized carbons (Fsp3) is 0.267. The highest BCUT2D eigenvalue weighted by molar-refractivity contribution is 7.15. The number of hydrogen-bond donors (Lipinski definition) is 1. The molecule has 3 aromatic rings. The van der Waals surface area contributed by atoms with Gasteiger partial charge in [-0.2, -0.15) is 4.98 Å². The van der Waals surface area contributed by atoms with E-state index in [1.807, 2.05) is 17.6 Å². The highest BCUT2D eigenvalue weighted by Gasteiger charge is 2.14. The van der Waals surface area contributed by atoms with E-state index in [0.29, 0.717) is 5.88 Å². The Morgan fingerprint density at radius 1 is 1.35 bits per heavy atom. The van der Waals surface area contributed by atoms with Gasteiger partial charge in [-0.3, -0.25) is 4.40 Å². The molecule has 0 spiro atoms. The van der Waals surface area contributed by atoms with Gasteiger partial charge in [0.1, 0.15) is 5.69 Å². The lowest BCUT2D eigenvalue weighted by Crippen LogP contribution is -2.19. The summed E-state index contributed by atoms with van der Waals surface area (Å²) in [7, 11) is 1.66. The monoisotopic (exact) mass is 287 g/mol. The van der Waals surface area contributed by atoms with Crippen LogP contribution in [-0.2, 0) is 6.54 Å². The zero-order valence-corrected chi connectivity index (χ0v) is 12.4. The Morgan fingerprint density at radius 2 is 2.15 bits per heavy atom. The second-order valence-electron chi connectivity index (χ2n) is 4.64. The van der Waals surface area contributed by atoms with Gasteiger partial charge in [0.05, 0.1) is 7.11 Å². The minimum atomic E-state index is 0.282. The van der Waals surface area contributed by atoms with E-state index in [0.717, 1.165) is 17.2 Å². The molecule has 0 aliphatic rings. The summed E-state index contributed by atoms with van der Waals surface area (Å²) in [5.41, 5.74) is 2.34. The van der Waals surface area contributed by atoms with E-state index in [-0.39, 0.29) is 6.04 Å². The Hall–Kier alpha value is -1.85. The van der Waals surface area contributed by atoms with Gasteiger partial charge in [-0.1, -0.05) is 30.3 Å². The largest absolute Gasteiger partial charge is 0.480 e. The number of ether oxygens (including phenoxy) is 1. The van der Waals surface area contributed by atoms with E-state index in [2.05, 4.69) is 45.9 Å². The molecule has 0 fully saturated rings. The number of nitrogens with zero attached hydrogens (tertiary/aromatic N) is 2. The molecule has 2 aromatic heterocycles. The fourth-order valence-electron chi connectivity index (χ4n) is 2.25. The zero-order valence-electron chi connectivity index (χ0n) is 11.5. The molecule has 0 radical (unpaired) electrons. The van der Waals surface area contributed by atoms with Gasteiger partial charge in [0.15, 0.2) is 4.96 Å². The smallest absolute Gasteiger partial charge is 0.237 e. The third kappa shape index (κ3) is 2.42. The standard InChI is InChI=1S/C15H17N3OS/c1-11(12-6-4-3-5-7-12)16-10-13-14(19-2)17-15-18(13)8-9-20-15/h3-9,11,16H,10H2,1-2H3. The highest BCUT2D eigenvalue weighted by atomic mass is 32.1. The molecule has 1 unspecified atom stereocenters. The lowest BCUT2D eigenvalue weighted by Gasteiger charge is -2.14. The van der Waals surface area contributed by atoms with Gasteiger partial charge in [-0.25, -0.2) is 0 Å². The first-order valence-electron chi connectivity index (χ1n) is 6.56. The summed E-state index contributed by atoms with van der Waals surface area (Å²) in [6.45, 7) is 2.88. The van der Waals surface area contributed by atoms with Gasteiger partial charge in [0, 0.05) is 24.2 Å². The minimum absolute atomic E-state index is 0.282. The number of aromatic nitrogens is 2. The molecule has 2 heterocycles. The fourth-order valence-corrected chi connectivity index (χ4v) is 2.97. The summed E-state index contributed by atoms with van der Waals surface area (Å²) >= 11 is 1.61. The first-order chi connectivity index (χ1) is 9.79. The van der Waals surface area contributed by atoms with Crippen LogP contribution < -0.4 is 10.1 Å². The Bertz CT molecular complexity index is 690. The molecule has 0 amide bonds. The number of methoxy groups -OCH3 is 1. The van der Waals surface area contributed by atoms with Crippen LogP contribution in [0.3, 0.4) is 0 Å². The summed E-state index contributed by atoms with van der Waals surface area (Å²) in [6, 6.07) is 10.7. The number of benzene rings is 1. The molecule has 0 saturated carbocycles. The summed E-state index contributed by atoms with van der Waals surface area (Å²) in [4.78, 5) is 5.43. The van der Waals surface area contributed by atoms with Crippen LogP contribution in [0.4, 0.5) is 0 Å². The van der Waals surface area contributed by atoms with Crippen molar-refractivity contribution in [2.45, 2.75) is 19.5 Å². The van der Waals surface area contributed by atoms with Crippen LogP contribution in [0.5, 0.6) is 5.88 Å². The molecule has 4 nitrogen and oxygen atoms in total. The predicted octanol–water partition coefficient (Wildman–Crippen LogP) is 3.26. The molecule has 0 saturated heterocycles. The van der Waals surface area contributed by atoms with Crippen molar-refractivity contribution in [3.05, 3.63) is 53.2 Å². The van der Waals surface area contributed by atoms with Gasteiger partial charge < -0.3 is 10.1 Å². The van der Waals surface area contributed by atoms with E-state index in [9.17, 15) is 0 Å². The van der Waals surface area contributed by atoms with Gasteiger partial charge in [-0.15, -0.1) is 11.3 Å². The molecule has 20 heavy (non-hydrogen) atoms. The van der Waals surface area contributed by atoms with Gasteiger partial charge in [-0.05, 0) is 12.5 Å². The van der Waals surface area contributed by atoms with Crippen LogP contribution in [0, 0.1) is 0 Å². The highest BCUT2D eigenvalue weighted by Crippen LogP contribution is 2.23. The number of imidazole rings is 1. The van der Waals surface area contributed by atoms with Crippen LogP contribution in [0.1, 0.15) is 24.2 Å². The van der Waals surface area contributed by atoms with Gasteiger partial charge in [0.25, 0.3) is 0 Å². The number of hydrogen-bond acceptors (Lipinski definition) is 4. The first kappa shape index (κ1) is 13.1. The lowest BCUT2D eigenvalue weighted by molar-refractivity contribution is 0.391. The van der Waals surface area contributed by atoms with E-state index >= 15 is 0 Å². The van der Waals surface area contributed by atoms with E-state index in [4.69, 9.17) is 4.74 Å². The van der Waals surface area contributed by atoms with Gasteiger partial charge in [0.2, 0.25) is 5.88 Å². The average molecular weight is 287 g/mol. The maximum absolute atomic E-state index is 5.36. The Balaban J connectivity index is 1.78. The Kier molecular flexibility index (Phi) is 3.71. The Morgan fingerprint density at radius 3 is 2.90 bits per heavy atom. The van der Waals surface area contributed by atoms with Crippen molar-refractivity contribution < 1.29 is 4.74 Å². The normalized spacial score (nSPS) is 12.7. The molecule has 3 rings (SSSR count). The maximum Gasteiger partial charge on any atom is 0.237 e. The van der Waals surface area contributed by atoms with Crippen molar-refractivity contribution in [3.63, 3.8) is 0 Å². The Labute approximate surface area is 122 Å². The molecular formula is C15H17N3OS. The summed E-state index contributed by atoms with van der Waals surface area (Å²) in [6.07, 6.45) is 2.03. The summed E-state index contributed by atoms with van der Waals surface area (Å²) in [5, 5.41) is 5.56. The maximum atomic E-state index is 5.36. The van der Waals surface area contributed by atoms with Crippen LogP contribution >= 0.6 is 11.3 Å². The summed E-state index contributed by atoms with van der Waals surface area (Å²) < 4.78 is 7.44. The van der Waals surface area contributed by atoms with Crippen molar-refractivity contribution in [2.24, 2.45) is 0 Å². The van der Waals surface area contributed by atoms with Gasteiger partial charge >= 0.3 is 0 Å². The van der Waals surface area contributed by atoms with Crippen LogP contribution in [0.15, 0.2) is 41.9 Å². The SMILES string of the molecule is COc1nc2sccn2c1CNC(C)c1ccccc1. The molecule has 1 atom stereocenters. The predicted molar refractivity (Wildman–Crippen MR) is 81.3 cm³/mol. The third-order valence-electron chi connectivity index (χ3n) is 3.39. The first-order valence-corrected chi connectivity index (χ1v) is 7.44. The average Bonchev–Trinajstić information content (AvgIpc) is 3.06. The van der Waals surface area contributed by atoms with Crippen molar-refractivity contribution in [1.29, 1.82) is 0 Å². The number of nitrogens with one attached hydrogen (secondary N) is 1.